The van der Waals surface area contributed by atoms with Gasteiger partial charge in [-0.25, -0.2) is 13.5 Å². The van der Waals surface area contributed by atoms with Gasteiger partial charge in [0, 0.05) is 32.0 Å². The van der Waals surface area contributed by atoms with E-state index in [1.54, 1.807) is 0 Å². The van der Waals surface area contributed by atoms with Gasteiger partial charge in [0.05, 0.1) is 18.4 Å². The molecule has 0 atom stereocenters. The molecule has 23 heavy (non-hydrogen) atoms. The Morgan fingerprint density at radius 2 is 2.00 bits per heavy atom. The number of aliphatic hydroxyl groups excluding tert-OH is 2. The molecule has 0 aliphatic heterocycles. The molecule has 0 bridgehead atoms. The first kappa shape index (κ1) is 17.0. The normalized spacial score (nSPS) is 10.8. The third-order valence-corrected chi connectivity index (χ3v) is 3.23. The van der Waals surface area contributed by atoms with Crippen LogP contribution in [-0.4, -0.2) is 57.1 Å². The van der Waals surface area contributed by atoms with E-state index in [1.807, 2.05) is 0 Å². The lowest BCUT2D eigenvalue weighted by Crippen LogP contribution is -2.34. The molecule has 0 fully saturated rings. The highest BCUT2D eigenvalue weighted by atomic mass is 19.1. The Morgan fingerprint density at radius 1 is 1.22 bits per heavy atom. The molecule has 0 unspecified atom stereocenters. The highest BCUT2D eigenvalue weighted by Gasteiger charge is 2.18. The van der Waals surface area contributed by atoms with Gasteiger partial charge in [0.25, 0.3) is 5.91 Å². The Balaban J connectivity index is 2.21. The highest BCUT2D eigenvalue weighted by Crippen LogP contribution is 2.15. The first-order chi connectivity index (χ1) is 11.1. The molecule has 124 valence electrons. The Morgan fingerprint density at radius 3 is 2.65 bits per heavy atom. The maximum absolute atomic E-state index is 13.7. The molecule has 2 rings (SSSR count). The molecule has 0 aliphatic carbocycles. The second-order valence-corrected chi connectivity index (χ2v) is 4.86. The van der Waals surface area contributed by atoms with Crippen LogP contribution in [0, 0.1) is 11.6 Å². The number of aromatic nitrogens is 2. The minimum absolute atomic E-state index is 0.0227. The van der Waals surface area contributed by atoms with Crippen molar-refractivity contribution in [3.63, 3.8) is 0 Å². The van der Waals surface area contributed by atoms with Crippen LogP contribution in [0.3, 0.4) is 0 Å². The molecule has 2 N–H and O–H groups in total. The largest absolute Gasteiger partial charge is 0.396 e. The van der Waals surface area contributed by atoms with Crippen molar-refractivity contribution in [1.82, 2.24) is 14.7 Å². The van der Waals surface area contributed by atoms with Crippen LogP contribution in [0.25, 0.3) is 5.69 Å². The zero-order valence-electron chi connectivity index (χ0n) is 12.3. The van der Waals surface area contributed by atoms with Crippen molar-refractivity contribution in [2.24, 2.45) is 0 Å². The monoisotopic (exact) mass is 325 g/mol. The fourth-order valence-electron chi connectivity index (χ4n) is 2.11. The van der Waals surface area contributed by atoms with Crippen LogP contribution in [0.5, 0.6) is 0 Å². The molecular formula is C15H17F2N3O3. The van der Waals surface area contributed by atoms with Crippen molar-refractivity contribution in [2.45, 2.75) is 6.42 Å². The molecule has 1 amide bonds. The SMILES string of the molecule is O=C(c1cnn(-c2ccc(F)cc2F)c1)N(CCO)CCCO. The van der Waals surface area contributed by atoms with Crippen LogP contribution in [0.4, 0.5) is 8.78 Å². The summed E-state index contributed by atoms with van der Waals surface area (Å²) in [5.74, 6) is -1.88. The lowest BCUT2D eigenvalue weighted by atomic mass is 10.2. The molecule has 8 heteroatoms. The smallest absolute Gasteiger partial charge is 0.257 e. The number of benzene rings is 1. The summed E-state index contributed by atoms with van der Waals surface area (Å²) in [6, 6.07) is 3.06. The molecule has 1 aromatic carbocycles. The van der Waals surface area contributed by atoms with Crippen molar-refractivity contribution >= 4 is 5.91 Å². The number of rotatable bonds is 7. The van der Waals surface area contributed by atoms with E-state index in [-0.39, 0.29) is 43.5 Å². The summed E-state index contributed by atoms with van der Waals surface area (Å²) < 4.78 is 27.8. The Kier molecular flexibility index (Phi) is 5.78. The Hall–Kier alpha value is -2.32. The van der Waals surface area contributed by atoms with Gasteiger partial charge in [-0.15, -0.1) is 0 Å². The van der Waals surface area contributed by atoms with E-state index in [2.05, 4.69) is 5.10 Å². The van der Waals surface area contributed by atoms with Gasteiger partial charge in [-0.05, 0) is 18.6 Å². The van der Waals surface area contributed by atoms with E-state index < -0.39 is 11.6 Å². The Bertz CT molecular complexity index is 676. The van der Waals surface area contributed by atoms with E-state index in [0.29, 0.717) is 6.42 Å². The first-order valence-electron chi connectivity index (χ1n) is 7.08. The standard InChI is InChI=1S/C15H17F2N3O3/c16-12-2-3-14(13(17)8-12)20-10-11(9-18-20)15(23)19(5-7-22)4-1-6-21/h2-3,8-10,21-22H,1,4-7H2. The lowest BCUT2D eigenvalue weighted by molar-refractivity contribution is 0.0710. The predicted octanol–water partition coefficient (Wildman–Crippen LogP) is 0.967. The van der Waals surface area contributed by atoms with Crippen molar-refractivity contribution in [1.29, 1.82) is 0 Å². The molecule has 2 aromatic rings. The minimum atomic E-state index is -0.792. The van der Waals surface area contributed by atoms with Gasteiger partial charge in [0.1, 0.15) is 11.5 Å². The zero-order valence-corrected chi connectivity index (χ0v) is 12.3. The number of carbonyl (C=O) groups excluding carboxylic acids is 1. The number of amides is 1. The summed E-state index contributed by atoms with van der Waals surface area (Å²) in [5.41, 5.74) is 0.231. The van der Waals surface area contributed by atoms with Crippen LogP contribution in [0.1, 0.15) is 16.8 Å². The zero-order chi connectivity index (χ0) is 16.8. The summed E-state index contributed by atoms with van der Waals surface area (Å²) >= 11 is 0. The number of hydrogen-bond donors (Lipinski definition) is 2. The number of hydrogen-bond acceptors (Lipinski definition) is 4. The maximum Gasteiger partial charge on any atom is 0.257 e. The number of nitrogens with zero attached hydrogens (tertiary/aromatic N) is 3. The second-order valence-electron chi connectivity index (χ2n) is 4.86. The average Bonchev–Trinajstić information content (AvgIpc) is 3.00. The quantitative estimate of drug-likeness (QED) is 0.795. The van der Waals surface area contributed by atoms with Gasteiger partial charge in [-0.1, -0.05) is 0 Å². The summed E-state index contributed by atoms with van der Waals surface area (Å²) in [5, 5.41) is 21.8. The van der Waals surface area contributed by atoms with Gasteiger partial charge in [0.2, 0.25) is 0 Å². The van der Waals surface area contributed by atoms with Gasteiger partial charge >= 0.3 is 0 Å². The number of halogens is 2. The fraction of sp³-hybridized carbons (Fsp3) is 0.333. The van der Waals surface area contributed by atoms with Gasteiger partial charge in [0.15, 0.2) is 5.82 Å². The third-order valence-electron chi connectivity index (χ3n) is 3.23. The minimum Gasteiger partial charge on any atom is -0.396 e. The molecule has 6 nitrogen and oxygen atoms in total. The van der Waals surface area contributed by atoms with E-state index in [4.69, 9.17) is 10.2 Å². The Labute approximate surface area is 131 Å². The van der Waals surface area contributed by atoms with E-state index >= 15 is 0 Å². The lowest BCUT2D eigenvalue weighted by Gasteiger charge is -2.20. The number of aliphatic hydroxyl groups is 2. The van der Waals surface area contributed by atoms with E-state index in [1.165, 1.54) is 23.4 Å². The van der Waals surface area contributed by atoms with Crippen LogP contribution in [0.15, 0.2) is 30.6 Å². The summed E-state index contributed by atoms with van der Waals surface area (Å²) in [4.78, 5) is 13.7. The molecule has 0 aliphatic rings. The van der Waals surface area contributed by atoms with Crippen molar-refractivity contribution < 1.29 is 23.8 Å². The van der Waals surface area contributed by atoms with Gasteiger partial charge in [-0.2, -0.15) is 5.10 Å². The van der Waals surface area contributed by atoms with Crippen LogP contribution < -0.4 is 0 Å². The summed E-state index contributed by atoms with van der Waals surface area (Å²) in [7, 11) is 0. The fourth-order valence-corrected chi connectivity index (χ4v) is 2.11. The van der Waals surface area contributed by atoms with Crippen LogP contribution in [0.2, 0.25) is 0 Å². The molecule has 1 heterocycles. The van der Waals surface area contributed by atoms with Crippen molar-refractivity contribution in [3.05, 3.63) is 47.8 Å². The molecule has 0 spiro atoms. The van der Waals surface area contributed by atoms with Crippen LogP contribution >= 0.6 is 0 Å². The topological polar surface area (TPSA) is 78.6 Å². The van der Waals surface area contributed by atoms with Crippen molar-refractivity contribution in [2.75, 3.05) is 26.3 Å². The van der Waals surface area contributed by atoms with Gasteiger partial charge in [-0.3, -0.25) is 4.79 Å². The first-order valence-corrected chi connectivity index (χ1v) is 7.08. The summed E-state index contributed by atoms with van der Waals surface area (Å²) in [6.07, 6.45) is 2.99. The van der Waals surface area contributed by atoms with Crippen LogP contribution in [-0.2, 0) is 0 Å². The van der Waals surface area contributed by atoms with Gasteiger partial charge < -0.3 is 15.1 Å². The average molecular weight is 325 g/mol. The molecule has 0 radical (unpaired) electrons. The predicted molar refractivity (Wildman–Crippen MR) is 78.2 cm³/mol. The second kappa shape index (κ2) is 7.80. The maximum atomic E-state index is 13.7. The molecular weight excluding hydrogens is 308 g/mol. The van der Waals surface area contributed by atoms with E-state index in [9.17, 15) is 13.6 Å². The van der Waals surface area contributed by atoms with E-state index in [0.717, 1.165) is 16.8 Å². The highest BCUT2D eigenvalue weighted by molar-refractivity contribution is 5.93. The molecule has 0 saturated heterocycles. The van der Waals surface area contributed by atoms with Crippen molar-refractivity contribution in [3.8, 4) is 5.69 Å². The molecule has 0 saturated carbocycles. The summed E-state index contributed by atoms with van der Waals surface area (Å²) in [6.45, 7) is 0.119. The number of carbonyl (C=O) groups is 1. The molecule has 1 aromatic heterocycles. The third kappa shape index (κ3) is 4.11.